The number of amides is 1. The molecule has 2 aromatic rings. The van der Waals surface area contributed by atoms with Gasteiger partial charge in [0.1, 0.15) is 5.82 Å². The maximum atomic E-state index is 14.8. The zero-order valence-electron chi connectivity index (χ0n) is 14.4. The molecule has 1 unspecified atom stereocenters. The first-order chi connectivity index (χ1) is 13.0. The molecule has 5 nitrogen and oxygen atoms in total. The smallest absolute Gasteiger partial charge is 0.257 e. The monoisotopic (exact) mass is 404 g/mol. The molecule has 140 valence electrons. The number of hydrogen-bond acceptors (Lipinski definition) is 5. The summed E-state index contributed by atoms with van der Waals surface area (Å²) in [5.74, 6) is 0.371. The van der Waals surface area contributed by atoms with E-state index in [0.717, 1.165) is 25.0 Å². The van der Waals surface area contributed by atoms with Gasteiger partial charge in [-0.25, -0.2) is 4.39 Å². The molecule has 1 aromatic heterocycles. The number of thioether (sulfide) groups is 1. The van der Waals surface area contributed by atoms with Crippen LogP contribution in [0.5, 0.6) is 0 Å². The Morgan fingerprint density at radius 1 is 1.41 bits per heavy atom. The quantitative estimate of drug-likeness (QED) is 0.804. The Hall–Kier alpha value is -2.12. The van der Waals surface area contributed by atoms with Gasteiger partial charge in [0.25, 0.3) is 5.91 Å². The number of nitrogens with zero attached hydrogens (tertiary/aromatic N) is 2. The highest BCUT2D eigenvalue weighted by Crippen LogP contribution is 2.51. The van der Waals surface area contributed by atoms with Gasteiger partial charge in [-0.2, -0.15) is 0 Å². The number of hydrogen-bond donors (Lipinski definition) is 2. The Bertz CT molecular complexity index is 938. The summed E-state index contributed by atoms with van der Waals surface area (Å²) in [7, 11) is 0. The van der Waals surface area contributed by atoms with Gasteiger partial charge >= 0.3 is 0 Å². The Morgan fingerprint density at radius 3 is 3.07 bits per heavy atom. The molecule has 0 bridgehead atoms. The second kappa shape index (κ2) is 7.13. The lowest BCUT2D eigenvalue weighted by atomic mass is 9.81. The van der Waals surface area contributed by atoms with Crippen LogP contribution in [0.15, 0.2) is 41.7 Å². The lowest BCUT2D eigenvalue weighted by Gasteiger charge is -2.36. The molecule has 0 radical (unpaired) electrons. The van der Waals surface area contributed by atoms with Crippen molar-refractivity contribution in [2.24, 2.45) is 16.6 Å². The van der Waals surface area contributed by atoms with Crippen LogP contribution in [0, 0.1) is 11.7 Å². The molecule has 1 saturated carbocycles. The zero-order valence-corrected chi connectivity index (χ0v) is 16.0. The Kier molecular flexibility index (Phi) is 4.82. The van der Waals surface area contributed by atoms with Gasteiger partial charge in [-0.3, -0.25) is 14.8 Å². The van der Waals surface area contributed by atoms with Gasteiger partial charge in [0.2, 0.25) is 0 Å². The van der Waals surface area contributed by atoms with Crippen molar-refractivity contribution in [3.05, 3.63) is 58.6 Å². The third-order valence-corrected chi connectivity index (χ3v) is 6.49. The maximum absolute atomic E-state index is 14.8. The van der Waals surface area contributed by atoms with Gasteiger partial charge in [0.05, 0.1) is 16.1 Å². The molecule has 1 amide bonds. The Balaban J connectivity index is 1.69. The average Bonchev–Trinajstić information content (AvgIpc) is 3.07. The SMILES string of the molecule is NC1=N[C@@]2(c3cc(NC(=O)c4ccncc4Cl)ccc3F)CCCC2CS1. The second-order valence-corrected chi connectivity index (χ2v) is 8.23. The molecule has 1 aliphatic carbocycles. The first kappa shape index (κ1) is 18.3. The molecule has 1 aromatic carbocycles. The lowest BCUT2D eigenvalue weighted by Crippen LogP contribution is -2.37. The van der Waals surface area contributed by atoms with E-state index in [0.29, 0.717) is 22.0 Å². The number of rotatable bonds is 3. The van der Waals surface area contributed by atoms with Crippen LogP contribution < -0.4 is 11.1 Å². The first-order valence-corrected chi connectivity index (χ1v) is 10.0. The van der Waals surface area contributed by atoms with Gasteiger partial charge in [0.15, 0.2) is 5.17 Å². The number of pyridine rings is 1. The van der Waals surface area contributed by atoms with Crippen LogP contribution in [0.25, 0.3) is 0 Å². The molecule has 27 heavy (non-hydrogen) atoms. The van der Waals surface area contributed by atoms with Crippen molar-refractivity contribution < 1.29 is 9.18 Å². The van der Waals surface area contributed by atoms with Crippen molar-refractivity contribution in [3.63, 3.8) is 0 Å². The van der Waals surface area contributed by atoms with E-state index >= 15 is 0 Å². The van der Waals surface area contributed by atoms with Crippen LogP contribution in [-0.2, 0) is 5.54 Å². The summed E-state index contributed by atoms with van der Waals surface area (Å²) >= 11 is 7.56. The second-order valence-electron chi connectivity index (χ2n) is 6.78. The van der Waals surface area contributed by atoms with Crippen molar-refractivity contribution in [1.29, 1.82) is 0 Å². The fourth-order valence-corrected chi connectivity index (χ4v) is 5.20. The molecule has 0 saturated heterocycles. The minimum absolute atomic E-state index is 0.241. The van der Waals surface area contributed by atoms with Crippen LogP contribution in [0.2, 0.25) is 5.02 Å². The number of aliphatic imine (C=N–C) groups is 1. The largest absolute Gasteiger partial charge is 0.379 e. The topological polar surface area (TPSA) is 80.4 Å². The molecule has 8 heteroatoms. The number of anilines is 1. The van der Waals surface area contributed by atoms with E-state index in [-0.39, 0.29) is 22.7 Å². The number of benzene rings is 1. The highest BCUT2D eigenvalue weighted by atomic mass is 35.5. The summed E-state index contributed by atoms with van der Waals surface area (Å²) in [6, 6.07) is 6.12. The molecule has 2 atom stereocenters. The van der Waals surface area contributed by atoms with E-state index in [1.165, 1.54) is 42.4 Å². The van der Waals surface area contributed by atoms with Crippen molar-refractivity contribution in [1.82, 2.24) is 4.98 Å². The third-order valence-electron chi connectivity index (χ3n) is 5.24. The summed E-state index contributed by atoms with van der Waals surface area (Å²) in [4.78, 5) is 21.1. The van der Waals surface area contributed by atoms with Gasteiger partial charge in [-0.15, -0.1) is 0 Å². The van der Waals surface area contributed by atoms with Gasteiger partial charge in [-0.1, -0.05) is 29.8 Å². The number of carbonyl (C=O) groups excluding carboxylic acids is 1. The highest BCUT2D eigenvalue weighted by Gasteiger charge is 2.48. The highest BCUT2D eigenvalue weighted by molar-refractivity contribution is 8.13. The van der Waals surface area contributed by atoms with Crippen molar-refractivity contribution >= 4 is 40.1 Å². The summed E-state index contributed by atoms with van der Waals surface area (Å²) in [6.45, 7) is 0. The molecule has 2 heterocycles. The molecule has 0 spiro atoms. The minimum Gasteiger partial charge on any atom is -0.379 e. The molecular formula is C19H18ClFN4OS. The molecule has 2 aliphatic rings. The van der Waals surface area contributed by atoms with Crippen LogP contribution in [-0.4, -0.2) is 21.8 Å². The molecular weight excluding hydrogens is 387 g/mol. The Morgan fingerprint density at radius 2 is 2.26 bits per heavy atom. The van der Waals surface area contributed by atoms with Crippen LogP contribution in [0.3, 0.4) is 0 Å². The number of carbonyl (C=O) groups is 1. The fourth-order valence-electron chi connectivity index (χ4n) is 3.95. The number of halogens is 2. The fraction of sp³-hybridized carbons (Fsp3) is 0.316. The van der Waals surface area contributed by atoms with Crippen LogP contribution >= 0.6 is 23.4 Å². The summed E-state index contributed by atoms with van der Waals surface area (Å²) in [5.41, 5.74) is 6.63. The maximum Gasteiger partial charge on any atom is 0.257 e. The van der Waals surface area contributed by atoms with E-state index in [4.69, 9.17) is 17.3 Å². The Labute approximate surface area is 165 Å². The number of nitrogens with two attached hydrogens (primary N) is 1. The summed E-state index contributed by atoms with van der Waals surface area (Å²) < 4.78 is 14.8. The number of aromatic nitrogens is 1. The van der Waals surface area contributed by atoms with E-state index in [9.17, 15) is 9.18 Å². The zero-order chi connectivity index (χ0) is 19.0. The van der Waals surface area contributed by atoms with E-state index in [2.05, 4.69) is 15.3 Å². The summed E-state index contributed by atoms with van der Waals surface area (Å²) in [5, 5.41) is 3.54. The third kappa shape index (κ3) is 3.30. The number of amidine groups is 1. The van der Waals surface area contributed by atoms with Crippen LogP contribution in [0.4, 0.5) is 10.1 Å². The van der Waals surface area contributed by atoms with Crippen molar-refractivity contribution in [3.8, 4) is 0 Å². The number of fused-ring (bicyclic) bond motifs is 1. The van der Waals surface area contributed by atoms with E-state index in [1.54, 1.807) is 6.07 Å². The van der Waals surface area contributed by atoms with Crippen molar-refractivity contribution in [2.75, 3.05) is 11.1 Å². The van der Waals surface area contributed by atoms with Crippen LogP contribution in [0.1, 0.15) is 35.2 Å². The predicted octanol–water partition coefficient (Wildman–Crippen LogP) is 4.18. The number of nitrogens with one attached hydrogen (secondary N) is 1. The molecule has 4 rings (SSSR count). The average molecular weight is 405 g/mol. The van der Waals surface area contributed by atoms with E-state index < -0.39 is 5.54 Å². The van der Waals surface area contributed by atoms with Crippen molar-refractivity contribution in [2.45, 2.75) is 24.8 Å². The lowest BCUT2D eigenvalue weighted by molar-refractivity contribution is 0.102. The summed E-state index contributed by atoms with van der Waals surface area (Å²) in [6.07, 6.45) is 5.63. The van der Waals surface area contributed by atoms with Gasteiger partial charge in [-0.05, 0) is 43.0 Å². The van der Waals surface area contributed by atoms with Gasteiger partial charge in [0, 0.05) is 29.4 Å². The predicted molar refractivity (Wildman–Crippen MR) is 107 cm³/mol. The molecule has 1 aliphatic heterocycles. The van der Waals surface area contributed by atoms with Gasteiger partial charge < -0.3 is 11.1 Å². The molecule has 1 fully saturated rings. The normalized spacial score (nSPS) is 24.2. The minimum atomic E-state index is -0.644. The standard InChI is InChI=1S/C19H18ClFN4OS/c20-15-9-23-7-5-13(15)17(26)24-12-3-4-16(21)14(8-12)19-6-1-2-11(19)10-27-18(22)25-19/h3-5,7-9,11H,1-2,6,10H2,(H2,22,25)(H,24,26)/t11?,19-/m0/s1. The first-order valence-electron chi connectivity index (χ1n) is 8.68. The molecule has 3 N–H and O–H groups in total. The van der Waals surface area contributed by atoms with E-state index in [1.807, 2.05) is 0 Å².